The van der Waals surface area contributed by atoms with Gasteiger partial charge in [0.25, 0.3) is 0 Å². The third-order valence-corrected chi connectivity index (χ3v) is 6.65. The number of hydrogen-bond acceptors (Lipinski definition) is 0. The van der Waals surface area contributed by atoms with Crippen LogP contribution in [0.25, 0.3) is 0 Å². The van der Waals surface area contributed by atoms with Crippen LogP contribution in [0.5, 0.6) is 0 Å². The minimum Gasteiger partial charge on any atom is -0.0776 e. The summed E-state index contributed by atoms with van der Waals surface area (Å²) in [5, 5.41) is 0. The molecule has 0 aromatic heterocycles. The predicted molar refractivity (Wildman–Crippen MR) is 121 cm³/mol. The Kier molecular flexibility index (Phi) is 14.8. The lowest BCUT2D eigenvalue weighted by atomic mass is 9.66. The van der Waals surface area contributed by atoms with Crippen LogP contribution >= 0.6 is 0 Å². The largest absolute Gasteiger partial charge is 0.0776 e. The van der Waals surface area contributed by atoms with Crippen LogP contribution in [-0.4, -0.2) is 0 Å². The van der Waals surface area contributed by atoms with Gasteiger partial charge in [-0.15, -0.1) is 0 Å². The standard InChI is InChI=1S/2C12H26.CH4/c1-9(2)8-12(6,7)11(5)10(3)4;1-9(2)8-12(7,10(3)4)11(5)6;/h2*9-11H,8H2,1-7H3;1H4. The van der Waals surface area contributed by atoms with Crippen LogP contribution in [0.3, 0.4) is 0 Å². The maximum atomic E-state index is 2.43. The van der Waals surface area contributed by atoms with Crippen LogP contribution in [0, 0.1) is 46.3 Å². The molecule has 0 aromatic carbocycles. The zero-order valence-corrected chi connectivity index (χ0v) is 19.9. The van der Waals surface area contributed by atoms with E-state index >= 15 is 0 Å². The van der Waals surface area contributed by atoms with Gasteiger partial charge in [-0.1, -0.05) is 104 Å². The monoisotopic (exact) mass is 356 g/mol. The third-order valence-electron chi connectivity index (χ3n) is 6.65. The summed E-state index contributed by atoms with van der Waals surface area (Å²) in [4.78, 5) is 0. The smallest absolute Gasteiger partial charge is 0.0277 e. The van der Waals surface area contributed by atoms with Gasteiger partial charge < -0.3 is 0 Å². The fourth-order valence-electron chi connectivity index (χ4n) is 4.16. The van der Waals surface area contributed by atoms with Crippen LogP contribution in [-0.2, 0) is 0 Å². The molecule has 0 amide bonds. The van der Waals surface area contributed by atoms with Crippen LogP contribution in [0.4, 0.5) is 0 Å². The predicted octanol–water partition coefficient (Wildman–Crippen LogP) is 9.34. The quantitative estimate of drug-likeness (QED) is 0.406. The van der Waals surface area contributed by atoms with Gasteiger partial charge in [0.1, 0.15) is 0 Å². The summed E-state index contributed by atoms with van der Waals surface area (Å²) < 4.78 is 0. The van der Waals surface area contributed by atoms with E-state index in [1.807, 2.05) is 0 Å². The van der Waals surface area contributed by atoms with E-state index in [0.29, 0.717) is 10.8 Å². The summed E-state index contributed by atoms with van der Waals surface area (Å²) in [6.45, 7) is 32.9. The maximum absolute atomic E-state index is 2.43. The Balaban J connectivity index is -0.000000372. The van der Waals surface area contributed by atoms with Gasteiger partial charge in [-0.2, -0.15) is 0 Å². The van der Waals surface area contributed by atoms with Crippen molar-refractivity contribution in [3.05, 3.63) is 0 Å². The van der Waals surface area contributed by atoms with Gasteiger partial charge in [0.05, 0.1) is 0 Å². The van der Waals surface area contributed by atoms with Crippen LogP contribution in [0.1, 0.15) is 117 Å². The van der Waals surface area contributed by atoms with Gasteiger partial charge in [0.15, 0.2) is 0 Å². The van der Waals surface area contributed by atoms with Gasteiger partial charge in [-0.25, -0.2) is 0 Å². The lowest BCUT2D eigenvalue weighted by Gasteiger charge is -2.39. The van der Waals surface area contributed by atoms with E-state index in [0.717, 1.165) is 35.5 Å². The van der Waals surface area contributed by atoms with E-state index in [-0.39, 0.29) is 7.43 Å². The van der Waals surface area contributed by atoms with E-state index in [9.17, 15) is 0 Å². The van der Waals surface area contributed by atoms with E-state index in [1.54, 1.807) is 0 Å². The molecule has 0 aromatic rings. The lowest BCUT2D eigenvalue weighted by molar-refractivity contribution is 0.104. The Morgan fingerprint density at radius 3 is 1.04 bits per heavy atom. The highest BCUT2D eigenvalue weighted by atomic mass is 14.4. The highest BCUT2D eigenvalue weighted by molar-refractivity contribution is 4.81. The molecule has 0 N–H and O–H groups in total. The summed E-state index contributed by atoms with van der Waals surface area (Å²) in [5.74, 6) is 4.85. The van der Waals surface area contributed by atoms with Crippen LogP contribution < -0.4 is 0 Å². The Hall–Kier alpha value is 0. The first-order chi connectivity index (χ1) is 10.6. The molecule has 0 fully saturated rings. The van der Waals surface area contributed by atoms with E-state index in [4.69, 9.17) is 0 Å². The molecular formula is C25H56. The molecule has 1 unspecified atom stereocenters. The second-order valence-electron chi connectivity index (χ2n) is 11.0. The summed E-state index contributed by atoms with van der Waals surface area (Å²) in [7, 11) is 0. The molecule has 0 saturated carbocycles. The highest BCUT2D eigenvalue weighted by Gasteiger charge is 2.32. The molecule has 0 aliphatic rings. The molecule has 156 valence electrons. The molecule has 0 aliphatic heterocycles. The second kappa shape index (κ2) is 12.4. The van der Waals surface area contributed by atoms with Crippen molar-refractivity contribution in [3.63, 3.8) is 0 Å². The molecule has 0 heterocycles. The van der Waals surface area contributed by atoms with Crippen molar-refractivity contribution >= 4 is 0 Å². The molecule has 0 bridgehead atoms. The Labute approximate surface area is 164 Å². The summed E-state index contributed by atoms with van der Waals surface area (Å²) in [6, 6.07) is 0. The van der Waals surface area contributed by atoms with Crippen molar-refractivity contribution in [1.29, 1.82) is 0 Å². The molecular weight excluding hydrogens is 300 g/mol. The van der Waals surface area contributed by atoms with Gasteiger partial charge in [-0.05, 0) is 59.2 Å². The van der Waals surface area contributed by atoms with Crippen molar-refractivity contribution in [2.24, 2.45) is 46.3 Å². The molecule has 0 aliphatic carbocycles. The van der Waals surface area contributed by atoms with Gasteiger partial charge >= 0.3 is 0 Å². The first kappa shape index (κ1) is 29.8. The topological polar surface area (TPSA) is 0 Å². The van der Waals surface area contributed by atoms with Crippen molar-refractivity contribution in [2.45, 2.75) is 117 Å². The summed E-state index contributed by atoms with van der Waals surface area (Å²) in [6.07, 6.45) is 2.69. The Morgan fingerprint density at radius 1 is 0.560 bits per heavy atom. The average Bonchev–Trinajstić information content (AvgIpc) is 2.35. The number of rotatable bonds is 8. The lowest BCUT2D eigenvalue weighted by Crippen LogP contribution is -2.31. The van der Waals surface area contributed by atoms with Crippen molar-refractivity contribution in [2.75, 3.05) is 0 Å². The summed E-state index contributed by atoms with van der Waals surface area (Å²) in [5.41, 5.74) is 1.02. The number of hydrogen-bond donors (Lipinski definition) is 0. The molecule has 0 saturated heterocycles. The normalized spacial score (nSPS) is 14.0. The first-order valence-corrected chi connectivity index (χ1v) is 10.6. The van der Waals surface area contributed by atoms with Crippen LogP contribution in [0.15, 0.2) is 0 Å². The van der Waals surface area contributed by atoms with E-state index in [1.165, 1.54) is 12.8 Å². The third kappa shape index (κ3) is 11.3. The van der Waals surface area contributed by atoms with Gasteiger partial charge in [-0.3, -0.25) is 0 Å². The molecule has 0 radical (unpaired) electrons. The molecule has 0 nitrogen and oxygen atoms in total. The summed E-state index contributed by atoms with van der Waals surface area (Å²) >= 11 is 0. The Bertz CT molecular complexity index is 296. The van der Waals surface area contributed by atoms with Crippen molar-refractivity contribution in [1.82, 2.24) is 0 Å². The van der Waals surface area contributed by atoms with E-state index in [2.05, 4.69) is 96.9 Å². The minimum atomic E-state index is 0. The Morgan fingerprint density at radius 2 is 0.880 bits per heavy atom. The molecule has 0 rings (SSSR count). The van der Waals surface area contributed by atoms with Gasteiger partial charge in [0, 0.05) is 0 Å². The average molecular weight is 357 g/mol. The second-order valence-corrected chi connectivity index (χ2v) is 11.0. The fourth-order valence-corrected chi connectivity index (χ4v) is 4.16. The SMILES string of the molecule is C.CC(C)CC(C)(C(C)C)C(C)C.CC(C)CC(C)(C)C(C)C(C)C. The zero-order chi connectivity index (χ0) is 19.9. The van der Waals surface area contributed by atoms with Crippen LogP contribution in [0.2, 0.25) is 0 Å². The van der Waals surface area contributed by atoms with Crippen molar-refractivity contribution < 1.29 is 0 Å². The molecule has 0 heteroatoms. The van der Waals surface area contributed by atoms with Gasteiger partial charge in [0.2, 0.25) is 0 Å². The zero-order valence-electron chi connectivity index (χ0n) is 19.9. The molecule has 25 heavy (non-hydrogen) atoms. The molecule has 1 atom stereocenters. The maximum Gasteiger partial charge on any atom is -0.0277 e. The first-order valence-electron chi connectivity index (χ1n) is 10.6. The highest BCUT2D eigenvalue weighted by Crippen LogP contribution is 2.41. The fraction of sp³-hybridized carbons (Fsp3) is 1.00. The van der Waals surface area contributed by atoms with E-state index < -0.39 is 0 Å². The minimum absolute atomic E-state index is 0. The van der Waals surface area contributed by atoms with Crippen molar-refractivity contribution in [3.8, 4) is 0 Å². The molecule has 0 spiro atoms.